The molecule has 1 aliphatic heterocycles. The fourth-order valence-corrected chi connectivity index (χ4v) is 3.25. The van der Waals surface area contributed by atoms with Crippen molar-refractivity contribution >= 4 is 17.4 Å². The minimum atomic E-state index is 0.0720. The summed E-state index contributed by atoms with van der Waals surface area (Å²) in [5.41, 5.74) is 2.05. The molecule has 2 aromatic rings. The van der Waals surface area contributed by atoms with Crippen molar-refractivity contribution in [3.63, 3.8) is 0 Å². The molecule has 0 spiro atoms. The van der Waals surface area contributed by atoms with E-state index in [9.17, 15) is 4.79 Å². The summed E-state index contributed by atoms with van der Waals surface area (Å²) in [6.45, 7) is 8.45. The average molecular weight is 367 g/mol. The van der Waals surface area contributed by atoms with Crippen LogP contribution < -0.4 is 15.5 Å². The summed E-state index contributed by atoms with van der Waals surface area (Å²) < 4.78 is 0. The molecule has 1 aliphatic rings. The quantitative estimate of drug-likeness (QED) is 0.750. The number of aromatic nitrogens is 1. The Morgan fingerprint density at radius 1 is 1.11 bits per heavy atom. The topological polar surface area (TPSA) is 60.5 Å². The van der Waals surface area contributed by atoms with E-state index in [0.29, 0.717) is 6.42 Å². The van der Waals surface area contributed by atoms with Gasteiger partial charge in [0.2, 0.25) is 5.91 Å². The van der Waals surface area contributed by atoms with Gasteiger partial charge in [-0.3, -0.25) is 9.69 Å². The molecule has 0 unspecified atom stereocenters. The molecule has 1 aromatic carbocycles. The standard InChI is InChI=1S/C21H29N5O/c1-2-22-17-18-6-5-7-19(16-18)24-21(27)9-11-25-12-14-26(15-13-25)20-8-3-4-10-23-20/h3-8,10,16,22H,2,9,11-15,17H2,1H3,(H,24,27). The fourth-order valence-electron chi connectivity index (χ4n) is 3.25. The van der Waals surface area contributed by atoms with Gasteiger partial charge in [-0.25, -0.2) is 4.98 Å². The van der Waals surface area contributed by atoms with Gasteiger partial charge < -0.3 is 15.5 Å². The summed E-state index contributed by atoms with van der Waals surface area (Å²) in [5.74, 6) is 1.11. The molecule has 144 valence electrons. The number of carbonyl (C=O) groups is 1. The molecule has 1 fully saturated rings. The molecule has 2 N–H and O–H groups in total. The van der Waals surface area contributed by atoms with Gasteiger partial charge in [-0.15, -0.1) is 0 Å². The predicted molar refractivity (Wildman–Crippen MR) is 110 cm³/mol. The zero-order chi connectivity index (χ0) is 18.9. The highest BCUT2D eigenvalue weighted by molar-refractivity contribution is 5.90. The third kappa shape index (κ3) is 6.05. The van der Waals surface area contributed by atoms with Gasteiger partial charge in [0.25, 0.3) is 0 Å². The van der Waals surface area contributed by atoms with E-state index in [1.807, 2.05) is 42.6 Å². The number of benzene rings is 1. The van der Waals surface area contributed by atoms with Crippen LogP contribution in [0.1, 0.15) is 18.9 Å². The van der Waals surface area contributed by atoms with Crippen LogP contribution in [0.15, 0.2) is 48.7 Å². The Morgan fingerprint density at radius 2 is 1.96 bits per heavy atom. The first-order valence-corrected chi connectivity index (χ1v) is 9.72. The Labute approximate surface area is 161 Å². The molecule has 6 heteroatoms. The lowest BCUT2D eigenvalue weighted by atomic mass is 10.2. The molecule has 1 saturated heterocycles. The number of piperazine rings is 1. The van der Waals surface area contributed by atoms with Crippen LogP contribution in [0.3, 0.4) is 0 Å². The Morgan fingerprint density at radius 3 is 2.70 bits per heavy atom. The van der Waals surface area contributed by atoms with E-state index >= 15 is 0 Å². The second-order valence-electron chi connectivity index (χ2n) is 6.80. The van der Waals surface area contributed by atoms with Crippen molar-refractivity contribution in [2.45, 2.75) is 19.9 Å². The number of nitrogens with one attached hydrogen (secondary N) is 2. The van der Waals surface area contributed by atoms with E-state index in [1.165, 1.54) is 5.56 Å². The van der Waals surface area contributed by atoms with Crippen LogP contribution in [0.2, 0.25) is 0 Å². The lowest BCUT2D eigenvalue weighted by Crippen LogP contribution is -2.47. The largest absolute Gasteiger partial charge is 0.354 e. The van der Waals surface area contributed by atoms with Crippen molar-refractivity contribution in [1.82, 2.24) is 15.2 Å². The zero-order valence-electron chi connectivity index (χ0n) is 16.0. The number of pyridine rings is 1. The minimum absolute atomic E-state index is 0.0720. The summed E-state index contributed by atoms with van der Waals surface area (Å²) in [6.07, 6.45) is 2.35. The van der Waals surface area contributed by atoms with Gasteiger partial charge in [0, 0.05) is 57.6 Å². The molecule has 0 saturated carbocycles. The van der Waals surface area contributed by atoms with Gasteiger partial charge in [0.1, 0.15) is 5.82 Å². The van der Waals surface area contributed by atoms with E-state index in [4.69, 9.17) is 0 Å². The van der Waals surface area contributed by atoms with Crippen LogP contribution in [0.25, 0.3) is 0 Å². The van der Waals surface area contributed by atoms with Gasteiger partial charge >= 0.3 is 0 Å². The van der Waals surface area contributed by atoms with Gasteiger partial charge in [0.05, 0.1) is 0 Å². The highest BCUT2D eigenvalue weighted by Gasteiger charge is 2.18. The molecular weight excluding hydrogens is 338 g/mol. The molecule has 0 aliphatic carbocycles. The van der Waals surface area contributed by atoms with E-state index in [1.54, 1.807) is 0 Å². The molecule has 0 atom stereocenters. The number of nitrogens with zero attached hydrogens (tertiary/aromatic N) is 3. The minimum Gasteiger partial charge on any atom is -0.354 e. The molecule has 1 aromatic heterocycles. The lowest BCUT2D eigenvalue weighted by Gasteiger charge is -2.35. The molecule has 27 heavy (non-hydrogen) atoms. The van der Waals surface area contributed by atoms with Gasteiger partial charge in [-0.2, -0.15) is 0 Å². The highest BCUT2D eigenvalue weighted by atomic mass is 16.1. The maximum Gasteiger partial charge on any atom is 0.225 e. The van der Waals surface area contributed by atoms with Crippen molar-refractivity contribution < 1.29 is 4.79 Å². The van der Waals surface area contributed by atoms with Crippen molar-refractivity contribution in [3.05, 3.63) is 54.2 Å². The predicted octanol–water partition coefficient (Wildman–Crippen LogP) is 2.34. The molecule has 6 nitrogen and oxygen atoms in total. The summed E-state index contributed by atoms with van der Waals surface area (Å²) in [5, 5.41) is 6.32. The number of rotatable bonds is 8. The zero-order valence-corrected chi connectivity index (χ0v) is 16.0. The maximum absolute atomic E-state index is 12.3. The third-order valence-corrected chi connectivity index (χ3v) is 4.79. The fraction of sp³-hybridized carbons (Fsp3) is 0.429. The van der Waals surface area contributed by atoms with Gasteiger partial charge in [-0.1, -0.05) is 25.1 Å². The first-order valence-electron chi connectivity index (χ1n) is 9.72. The van der Waals surface area contributed by atoms with E-state index in [-0.39, 0.29) is 5.91 Å². The Balaban J connectivity index is 1.40. The van der Waals surface area contributed by atoms with Crippen LogP contribution in [-0.2, 0) is 11.3 Å². The molecule has 0 bridgehead atoms. The van der Waals surface area contributed by atoms with Crippen LogP contribution in [0, 0.1) is 0 Å². The lowest BCUT2D eigenvalue weighted by molar-refractivity contribution is -0.116. The monoisotopic (exact) mass is 367 g/mol. The number of amides is 1. The molecule has 1 amide bonds. The molecule has 0 radical (unpaired) electrons. The highest BCUT2D eigenvalue weighted by Crippen LogP contribution is 2.13. The summed E-state index contributed by atoms with van der Waals surface area (Å²) in [4.78, 5) is 21.4. The van der Waals surface area contributed by atoms with Crippen molar-refractivity contribution in [3.8, 4) is 0 Å². The SMILES string of the molecule is CCNCc1cccc(NC(=O)CCN2CCN(c3ccccn3)CC2)c1. The molecule has 3 rings (SSSR count). The van der Waals surface area contributed by atoms with E-state index in [2.05, 4.69) is 38.4 Å². The summed E-state index contributed by atoms with van der Waals surface area (Å²) in [7, 11) is 0. The first kappa shape index (κ1) is 19.3. The Hall–Kier alpha value is -2.44. The van der Waals surface area contributed by atoms with Crippen LogP contribution in [0.4, 0.5) is 11.5 Å². The summed E-state index contributed by atoms with van der Waals surface area (Å²) in [6, 6.07) is 14.0. The number of hydrogen-bond donors (Lipinski definition) is 2. The Kier molecular flexibility index (Phi) is 7.19. The van der Waals surface area contributed by atoms with Gasteiger partial charge in [-0.05, 0) is 36.4 Å². The Bertz CT molecular complexity index is 714. The molecule has 2 heterocycles. The van der Waals surface area contributed by atoms with Crippen molar-refractivity contribution in [2.24, 2.45) is 0 Å². The smallest absolute Gasteiger partial charge is 0.225 e. The third-order valence-electron chi connectivity index (χ3n) is 4.79. The first-order chi connectivity index (χ1) is 13.2. The van der Waals surface area contributed by atoms with E-state index in [0.717, 1.165) is 57.3 Å². The maximum atomic E-state index is 12.3. The summed E-state index contributed by atoms with van der Waals surface area (Å²) >= 11 is 0. The average Bonchev–Trinajstić information content (AvgIpc) is 2.72. The number of hydrogen-bond acceptors (Lipinski definition) is 5. The number of anilines is 2. The number of carbonyl (C=O) groups excluding carboxylic acids is 1. The van der Waals surface area contributed by atoms with Crippen LogP contribution >= 0.6 is 0 Å². The second kappa shape index (κ2) is 10.0. The second-order valence-corrected chi connectivity index (χ2v) is 6.80. The van der Waals surface area contributed by atoms with Crippen molar-refractivity contribution in [2.75, 3.05) is 49.5 Å². The molecular formula is C21H29N5O. The normalized spacial score (nSPS) is 14.9. The van der Waals surface area contributed by atoms with Crippen molar-refractivity contribution in [1.29, 1.82) is 0 Å². The van der Waals surface area contributed by atoms with E-state index < -0.39 is 0 Å². The van der Waals surface area contributed by atoms with Crippen LogP contribution in [-0.4, -0.2) is 55.1 Å². The van der Waals surface area contributed by atoms with Gasteiger partial charge in [0.15, 0.2) is 0 Å². The van der Waals surface area contributed by atoms with Crippen LogP contribution in [0.5, 0.6) is 0 Å².